The molecule has 23 heavy (non-hydrogen) atoms. The highest BCUT2D eigenvalue weighted by Gasteiger charge is 2.18. The van der Waals surface area contributed by atoms with Crippen LogP contribution in [0.5, 0.6) is 0 Å². The SMILES string of the molecule is CCOC(CC(CCc1ccccc1)OCCC(C)C)OCC. The van der Waals surface area contributed by atoms with Crippen molar-refractivity contribution >= 4 is 0 Å². The Morgan fingerprint density at radius 2 is 1.52 bits per heavy atom. The van der Waals surface area contributed by atoms with Crippen molar-refractivity contribution in [2.45, 2.75) is 65.8 Å². The molecule has 0 radical (unpaired) electrons. The van der Waals surface area contributed by atoms with Gasteiger partial charge in [-0.1, -0.05) is 44.2 Å². The third kappa shape index (κ3) is 9.75. The summed E-state index contributed by atoms with van der Waals surface area (Å²) in [5.41, 5.74) is 1.36. The number of ether oxygens (including phenoxy) is 3. The molecule has 0 N–H and O–H groups in total. The average Bonchev–Trinajstić information content (AvgIpc) is 2.53. The normalized spacial score (nSPS) is 13.0. The van der Waals surface area contributed by atoms with E-state index in [9.17, 15) is 0 Å². The van der Waals surface area contributed by atoms with Gasteiger partial charge in [-0.25, -0.2) is 0 Å². The van der Waals surface area contributed by atoms with E-state index in [0.29, 0.717) is 19.1 Å². The minimum Gasteiger partial charge on any atom is -0.378 e. The fourth-order valence-corrected chi connectivity index (χ4v) is 2.48. The Morgan fingerprint density at radius 1 is 0.870 bits per heavy atom. The zero-order chi connectivity index (χ0) is 16.9. The highest BCUT2D eigenvalue weighted by molar-refractivity contribution is 5.14. The maximum absolute atomic E-state index is 6.14. The van der Waals surface area contributed by atoms with Gasteiger partial charge >= 0.3 is 0 Å². The number of rotatable bonds is 13. The van der Waals surface area contributed by atoms with Gasteiger partial charge in [-0.05, 0) is 44.6 Å². The van der Waals surface area contributed by atoms with E-state index in [1.807, 2.05) is 13.8 Å². The van der Waals surface area contributed by atoms with E-state index in [1.165, 1.54) is 5.56 Å². The molecular weight excluding hydrogens is 288 g/mol. The van der Waals surface area contributed by atoms with Crippen molar-refractivity contribution in [3.8, 4) is 0 Å². The summed E-state index contributed by atoms with van der Waals surface area (Å²) in [4.78, 5) is 0. The van der Waals surface area contributed by atoms with Gasteiger partial charge in [-0.2, -0.15) is 0 Å². The summed E-state index contributed by atoms with van der Waals surface area (Å²) in [6, 6.07) is 10.6. The Bertz CT molecular complexity index is 372. The first-order chi connectivity index (χ1) is 11.2. The molecule has 0 aliphatic carbocycles. The maximum atomic E-state index is 6.14. The summed E-state index contributed by atoms with van der Waals surface area (Å²) in [5.74, 6) is 0.666. The number of aryl methyl sites for hydroxylation is 1. The fraction of sp³-hybridized carbons (Fsp3) is 0.700. The largest absolute Gasteiger partial charge is 0.378 e. The first-order valence-corrected chi connectivity index (χ1v) is 9.04. The van der Waals surface area contributed by atoms with Crippen molar-refractivity contribution in [3.05, 3.63) is 35.9 Å². The quantitative estimate of drug-likeness (QED) is 0.486. The lowest BCUT2D eigenvalue weighted by atomic mass is 10.0. The Labute approximate surface area is 142 Å². The molecule has 0 heterocycles. The molecule has 0 aliphatic rings. The zero-order valence-electron chi connectivity index (χ0n) is 15.3. The molecular formula is C20H34O3. The van der Waals surface area contributed by atoms with Crippen molar-refractivity contribution in [1.29, 1.82) is 0 Å². The minimum atomic E-state index is -0.162. The summed E-state index contributed by atoms with van der Waals surface area (Å²) < 4.78 is 17.5. The lowest BCUT2D eigenvalue weighted by molar-refractivity contribution is -0.158. The summed E-state index contributed by atoms with van der Waals surface area (Å²) in [5, 5.41) is 0. The van der Waals surface area contributed by atoms with Crippen LogP contribution in [0.3, 0.4) is 0 Å². The van der Waals surface area contributed by atoms with Crippen molar-refractivity contribution in [1.82, 2.24) is 0 Å². The van der Waals surface area contributed by atoms with Gasteiger partial charge in [-0.3, -0.25) is 0 Å². The third-order valence-electron chi connectivity index (χ3n) is 3.81. The van der Waals surface area contributed by atoms with E-state index in [1.54, 1.807) is 0 Å². The molecule has 0 aliphatic heterocycles. The lowest BCUT2D eigenvalue weighted by Crippen LogP contribution is -2.27. The molecule has 1 aromatic rings. The zero-order valence-corrected chi connectivity index (χ0v) is 15.3. The molecule has 0 amide bonds. The highest BCUT2D eigenvalue weighted by Crippen LogP contribution is 2.16. The second-order valence-electron chi connectivity index (χ2n) is 6.28. The Kier molecular flexibility index (Phi) is 11.0. The molecule has 1 atom stereocenters. The van der Waals surface area contributed by atoms with Crippen LogP contribution in [-0.4, -0.2) is 32.2 Å². The number of hydrogen-bond donors (Lipinski definition) is 0. The van der Waals surface area contributed by atoms with Crippen LogP contribution in [0.2, 0.25) is 0 Å². The van der Waals surface area contributed by atoms with E-state index in [0.717, 1.165) is 32.3 Å². The molecule has 0 fully saturated rings. The van der Waals surface area contributed by atoms with E-state index in [2.05, 4.69) is 44.2 Å². The van der Waals surface area contributed by atoms with Crippen LogP contribution in [0.4, 0.5) is 0 Å². The Morgan fingerprint density at radius 3 is 2.09 bits per heavy atom. The van der Waals surface area contributed by atoms with Crippen molar-refractivity contribution < 1.29 is 14.2 Å². The predicted molar refractivity (Wildman–Crippen MR) is 95.6 cm³/mol. The second kappa shape index (κ2) is 12.5. The van der Waals surface area contributed by atoms with Gasteiger partial charge in [0.25, 0.3) is 0 Å². The van der Waals surface area contributed by atoms with Crippen molar-refractivity contribution in [2.75, 3.05) is 19.8 Å². The maximum Gasteiger partial charge on any atom is 0.160 e. The van der Waals surface area contributed by atoms with Gasteiger partial charge in [0.2, 0.25) is 0 Å². The van der Waals surface area contributed by atoms with Crippen molar-refractivity contribution in [3.63, 3.8) is 0 Å². The van der Waals surface area contributed by atoms with Crippen LogP contribution >= 0.6 is 0 Å². The van der Waals surface area contributed by atoms with Crippen LogP contribution in [0.15, 0.2) is 30.3 Å². The molecule has 1 rings (SSSR count). The molecule has 0 spiro atoms. The molecule has 0 saturated heterocycles. The van der Waals surface area contributed by atoms with Crippen LogP contribution in [0.1, 0.15) is 52.5 Å². The van der Waals surface area contributed by atoms with Gasteiger partial charge in [0.15, 0.2) is 6.29 Å². The number of hydrogen-bond acceptors (Lipinski definition) is 3. The smallest absolute Gasteiger partial charge is 0.160 e. The molecule has 1 unspecified atom stereocenters. The lowest BCUT2D eigenvalue weighted by Gasteiger charge is -2.24. The van der Waals surface area contributed by atoms with Gasteiger partial charge in [0.05, 0.1) is 6.10 Å². The monoisotopic (exact) mass is 322 g/mol. The highest BCUT2D eigenvalue weighted by atomic mass is 16.7. The summed E-state index contributed by atoms with van der Waals surface area (Å²) in [6.07, 6.45) is 3.93. The first kappa shape index (κ1) is 20.1. The Hall–Kier alpha value is -0.900. The molecule has 0 saturated carbocycles. The van der Waals surface area contributed by atoms with E-state index in [-0.39, 0.29) is 12.4 Å². The average molecular weight is 322 g/mol. The van der Waals surface area contributed by atoms with Crippen LogP contribution in [0.25, 0.3) is 0 Å². The predicted octanol–water partition coefficient (Wildman–Crippen LogP) is 4.84. The second-order valence-corrected chi connectivity index (χ2v) is 6.28. The van der Waals surface area contributed by atoms with Gasteiger partial charge < -0.3 is 14.2 Å². The molecule has 3 heteroatoms. The number of benzene rings is 1. The van der Waals surface area contributed by atoms with Crippen LogP contribution in [0, 0.1) is 5.92 Å². The van der Waals surface area contributed by atoms with Crippen LogP contribution in [-0.2, 0) is 20.6 Å². The van der Waals surface area contributed by atoms with Crippen LogP contribution < -0.4 is 0 Å². The topological polar surface area (TPSA) is 27.7 Å². The minimum absolute atomic E-state index is 0.162. The summed E-state index contributed by atoms with van der Waals surface area (Å²) in [6.45, 7) is 10.6. The third-order valence-corrected chi connectivity index (χ3v) is 3.81. The standard InChI is InChI=1S/C20H34O3/c1-5-21-20(22-6-2)16-19(23-15-14-17(3)4)13-12-18-10-8-7-9-11-18/h7-11,17,19-20H,5-6,12-16H2,1-4H3. The summed E-state index contributed by atoms with van der Waals surface area (Å²) >= 11 is 0. The fourth-order valence-electron chi connectivity index (χ4n) is 2.48. The molecule has 132 valence electrons. The molecule has 0 aromatic heterocycles. The molecule has 0 bridgehead atoms. The van der Waals surface area contributed by atoms with E-state index < -0.39 is 0 Å². The summed E-state index contributed by atoms with van der Waals surface area (Å²) in [7, 11) is 0. The Balaban J connectivity index is 2.52. The van der Waals surface area contributed by atoms with Crippen molar-refractivity contribution in [2.24, 2.45) is 5.92 Å². The molecule has 1 aromatic carbocycles. The van der Waals surface area contributed by atoms with E-state index >= 15 is 0 Å². The molecule has 3 nitrogen and oxygen atoms in total. The first-order valence-electron chi connectivity index (χ1n) is 9.04. The van der Waals surface area contributed by atoms with Gasteiger partial charge in [-0.15, -0.1) is 0 Å². The van der Waals surface area contributed by atoms with Gasteiger partial charge in [0, 0.05) is 26.2 Å². The van der Waals surface area contributed by atoms with E-state index in [4.69, 9.17) is 14.2 Å². The van der Waals surface area contributed by atoms with Gasteiger partial charge in [0.1, 0.15) is 0 Å².